The Labute approximate surface area is 95.2 Å². The summed E-state index contributed by atoms with van der Waals surface area (Å²) in [4.78, 5) is 6.42. The van der Waals surface area contributed by atoms with Gasteiger partial charge in [-0.25, -0.2) is 4.98 Å². The molecule has 4 heteroatoms. The van der Waals surface area contributed by atoms with E-state index in [0.717, 1.165) is 31.6 Å². The van der Waals surface area contributed by atoms with Crippen molar-refractivity contribution in [3.05, 3.63) is 29.0 Å². The molecule has 0 bridgehead atoms. The number of hydrogen-bond donors (Lipinski definition) is 1. The molecule has 0 aliphatic carbocycles. The van der Waals surface area contributed by atoms with Crippen LogP contribution in [0.2, 0.25) is 5.15 Å². The number of hydrogen-bond acceptors (Lipinski definition) is 3. The number of nitrogens with zero attached hydrogens (tertiary/aromatic N) is 2. The van der Waals surface area contributed by atoms with E-state index in [2.05, 4.69) is 9.88 Å². The van der Waals surface area contributed by atoms with Gasteiger partial charge in [0.2, 0.25) is 0 Å². The van der Waals surface area contributed by atoms with Gasteiger partial charge in [-0.3, -0.25) is 4.90 Å². The second kappa shape index (κ2) is 4.92. The van der Waals surface area contributed by atoms with Crippen molar-refractivity contribution in [1.29, 1.82) is 0 Å². The van der Waals surface area contributed by atoms with Gasteiger partial charge in [-0.1, -0.05) is 17.7 Å². The van der Waals surface area contributed by atoms with Crippen LogP contribution in [0.3, 0.4) is 0 Å². The van der Waals surface area contributed by atoms with Crippen LogP contribution in [0.25, 0.3) is 0 Å². The highest BCUT2D eigenvalue weighted by atomic mass is 35.5. The van der Waals surface area contributed by atoms with E-state index in [1.54, 1.807) is 6.20 Å². The predicted octanol–water partition coefficient (Wildman–Crippen LogP) is 1.66. The number of likely N-dealkylation sites (tertiary alicyclic amines) is 1. The molecule has 1 aliphatic rings. The van der Waals surface area contributed by atoms with Crippen LogP contribution in [0.1, 0.15) is 18.4 Å². The minimum atomic E-state index is 0.314. The molecule has 15 heavy (non-hydrogen) atoms. The predicted molar refractivity (Wildman–Crippen MR) is 61.7 cm³/mol. The van der Waals surface area contributed by atoms with Crippen LogP contribution >= 0.6 is 11.6 Å². The van der Waals surface area contributed by atoms with Gasteiger partial charge in [-0.05, 0) is 25.5 Å². The number of aromatic nitrogens is 1. The number of nitrogens with two attached hydrogens (primary N) is 1. The van der Waals surface area contributed by atoms with Gasteiger partial charge in [0.25, 0.3) is 0 Å². The molecule has 0 amide bonds. The molecule has 0 unspecified atom stereocenters. The summed E-state index contributed by atoms with van der Waals surface area (Å²) in [5, 5.41) is 0.608. The zero-order valence-electron chi connectivity index (χ0n) is 8.69. The smallest absolute Gasteiger partial charge is 0.133 e. The summed E-state index contributed by atoms with van der Waals surface area (Å²) in [7, 11) is 0. The van der Waals surface area contributed by atoms with E-state index in [9.17, 15) is 0 Å². The highest BCUT2D eigenvalue weighted by Gasteiger charge is 2.17. The van der Waals surface area contributed by atoms with Crippen molar-refractivity contribution in [1.82, 2.24) is 9.88 Å². The van der Waals surface area contributed by atoms with Crippen molar-refractivity contribution in [3.63, 3.8) is 0 Å². The average Bonchev–Trinajstić information content (AvgIpc) is 2.22. The molecular weight excluding hydrogens is 210 g/mol. The third kappa shape index (κ3) is 2.91. The summed E-state index contributed by atoms with van der Waals surface area (Å²) in [5.74, 6) is 0. The normalized spacial score (nSPS) is 22.9. The first-order chi connectivity index (χ1) is 7.25. The van der Waals surface area contributed by atoms with Crippen molar-refractivity contribution < 1.29 is 0 Å². The molecule has 1 aliphatic heterocycles. The zero-order valence-corrected chi connectivity index (χ0v) is 9.45. The second-order valence-electron chi connectivity index (χ2n) is 4.09. The SMILES string of the molecule is N[C@@H]1CCCN(Cc2cccnc2Cl)C1. The van der Waals surface area contributed by atoms with Crippen molar-refractivity contribution >= 4 is 11.6 Å². The van der Waals surface area contributed by atoms with Crippen LogP contribution in [-0.2, 0) is 6.54 Å². The van der Waals surface area contributed by atoms with Crippen molar-refractivity contribution in [2.24, 2.45) is 5.73 Å². The first kappa shape index (κ1) is 10.9. The Morgan fingerprint density at radius 3 is 3.20 bits per heavy atom. The molecule has 2 N–H and O–H groups in total. The Bertz CT molecular complexity index is 329. The molecule has 1 fully saturated rings. The summed E-state index contributed by atoms with van der Waals surface area (Å²) >= 11 is 6.01. The zero-order chi connectivity index (χ0) is 10.7. The Balaban J connectivity index is 1.99. The van der Waals surface area contributed by atoms with Crippen LogP contribution in [-0.4, -0.2) is 29.0 Å². The van der Waals surface area contributed by atoms with Gasteiger partial charge in [0.1, 0.15) is 5.15 Å². The molecule has 0 radical (unpaired) electrons. The standard InChI is InChI=1S/C11H16ClN3/c12-11-9(3-1-5-14-11)7-15-6-2-4-10(13)8-15/h1,3,5,10H,2,4,6-8,13H2/t10-/m1/s1. The Hall–Kier alpha value is -0.640. The maximum Gasteiger partial charge on any atom is 0.133 e. The van der Waals surface area contributed by atoms with Crippen LogP contribution in [0, 0.1) is 0 Å². The highest BCUT2D eigenvalue weighted by molar-refractivity contribution is 6.30. The fraction of sp³-hybridized carbons (Fsp3) is 0.545. The van der Waals surface area contributed by atoms with Gasteiger partial charge in [-0.2, -0.15) is 0 Å². The lowest BCUT2D eigenvalue weighted by molar-refractivity contribution is 0.201. The molecule has 0 saturated carbocycles. The number of piperidine rings is 1. The summed E-state index contributed by atoms with van der Waals surface area (Å²) in [6.07, 6.45) is 4.03. The van der Waals surface area contributed by atoms with E-state index in [1.165, 1.54) is 6.42 Å². The topological polar surface area (TPSA) is 42.1 Å². The van der Waals surface area contributed by atoms with Crippen molar-refractivity contribution in [3.8, 4) is 0 Å². The van der Waals surface area contributed by atoms with E-state index < -0.39 is 0 Å². The molecule has 0 spiro atoms. The molecule has 2 heterocycles. The summed E-state index contributed by atoms with van der Waals surface area (Å²) < 4.78 is 0. The molecule has 3 nitrogen and oxygen atoms in total. The first-order valence-electron chi connectivity index (χ1n) is 5.33. The molecule has 1 aromatic rings. The van der Waals surface area contributed by atoms with Crippen LogP contribution in [0.4, 0.5) is 0 Å². The maximum atomic E-state index is 6.01. The largest absolute Gasteiger partial charge is 0.327 e. The molecule has 1 atom stereocenters. The summed E-state index contributed by atoms with van der Waals surface area (Å²) in [6, 6.07) is 4.26. The monoisotopic (exact) mass is 225 g/mol. The van der Waals surface area contributed by atoms with Gasteiger partial charge < -0.3 is 5.73 Å². The lowest BCUT2D eigenvalue weighted by atomic mass is 10.1. The van der Waals surface area contributed by atoms with Crippen LogP contribution in [0.5, 0.6) is 0 Å². The van der Waals surface area contributed by atoms with E-state index in [1.807, 2.05) is 12.1 Å². The average molecular weight is 226 g/mol. The Kier molecular flexibility index (Phi) is 3.57. The molecular formula is C11H16ClN3. The maximum absolute atomic E-state index is 6.01. The molecule has 1 saturated heterocycles. The minimum absolute atomic E-state index is 0.314. The fourth-order valence-electron chi connectivity index (χ4n) is 2.01. The van der Waals surface area contributed by atoms with Gasteiger partial charge in [0, 0.05) is 30.9 Å². The summed E-state index contributed by atoms with van der Waals surface area (Å²) in [5.41, 5.74) is 7.02. The van der Waals surface area contributed by atoms with E-state index in [4.69, 9.17) is 17.3 Å². The van der Waals surface area contributed by atoms with E-state index in [-0.39, 0.29) is 0 Å². The van der Waals surface area contributed by atoms with Crippen LogP contribution in [0.15, 0.2) is 18.3 Å². The third-order valence-electron chi connectivity index (χ3n) is 2.77. The lowest BCUT2D eigenvalue weighted by Gasteiger charge is -2.30. The van der Waals surface area contributed by atoms with Gasteiger partial charge in [0.05, 0.1) is 0 Å². The first-order valence-corrected chi connectivity index (χ1v) is 5.71. The fourth-order valence-corrected chi connectivity index (χ4v) is 2.19. The molecule has 0 aromatic carbocycles. The molecule has 1 aromatic heterocycles. The Morgan fingerprint density at radius 2 is 2.47 bits per heavy atom. The van der Waals surface area contributed by atoms with E-state index in [0.29, 0.717) is 11.2 Å². The lowest BCUT2D eigenvalue weighted by Crippen LogP contribution is -2.42. The van der Waals surface area contributed by atoms with Gasteiger partial charge in [0.15, 0.2) is 0 Å². The van der Waals surface area contributed by atoms with Crippen molar-refractivity contribution in [2.45, 2.75) is 25.4 Å². The number of halogens is 1. The van der Waals surface area contributed by atoms with Crippen LogP contribution < -0.4 is 5.73 Å². The minimum Gasteiger partial charge on any atom is -0.327 e. The Morgan fingerprint density at radius 1 is 1.60 bits per heavy atom. The van der Waals surface area contributed by atoms with Gasteiger partial charge in [-0.15, -0.1) is 0 Å². The quantitative estimate of drug-likeness (QED) is 0.779. The van der Waals surface area contributed by atoms with E-state index >= 15 is 0 Å². The summed E-state index contributed by atoms with van der Waals surface area (Å²) in [6.45, 7) is 2.94. The number of pyridine rings is 1. The third-order valence-corrected chi connectivity index (χ3v) is 3.11. The molecule has 2 rings (SSSR count). The van der Waals surface area contributed by atoms with Gasteiger partial charge >= 0.3 is 0 Å². The highest BCUT2D eigenvalue weighted by Crippen LogP contribution is 2.17. The molecule has 82 valence electrons. The second-order valence-corrected chi connectivity index (χ2v) is 4.45. The van der Waals surface area contributed by atoms with Crippen molar-refractivity contribution in [2.75, 3.05) is 13.1 Å². The number of rotatable bonds is 2.